The van der Waals surface area contributed by atoms with E-state index in [-0.39, 0.29) is 18.4 Å². The lowest BCUT2D eigenvalue weighted by molar-refractivity contribution is -0.141. The van der Waals surface area contributed by atoms with Gasteiger partial charge in [-0.1, -0.05) is 30.3 Å². The van der Waals surface area contributed by atoms with Crippen LogP contribution in [0.25, 0.3) is 0 Å². The Kier molecular flexibility index (Phi) is 6.08. The van der Waals surface area contributed by atoms with Crippen LogP contribution in [0.2, 0.25) is 0 Å². The second kappa shape index (κ2) is 8.68. The van der Waals surface area contributed by atoms with Gasteiger partial charge in [0, 0.05) is 31.7 Å². The Bertz CT molecular complexity index is 775. The highest BCUT2D eigenvalue weighted by molar-refractivity contribution is 5.95. The number of carboxylic acid groups (broad SMARTS) is 1. The number of hydrogen-bond donors (Lipinski definition) is 1. The number of carbonyl (C=O) groups is 2. The van der Waals surface area contributed by atoms with Crippen LogP contribution in [0.5, 0.6) is 5.75 Å². The van der Waals surface area contributed by atoms with Crippen LogP contribution in [-0.4, -0.2) is 55.3 Å². The highest BCUT2D eigenvalue weighted by Crippen LogP contribution is 2.33. The molecule has 0 aromatic heterocycles. The van der Waals surface area contributed by atoms with Crippen molar-refractivity contribution in [3.8, 4) is 5.75 Å². The molecule has 0 saturated carbocycles. The van der Waals surface area contributed by atoms with Crippen LogP contribution in [0.4, 0.5) is 0 Å². The molecule has 3 rings (SSSR count). The van der Waals surface area contributed by atoms with Gasteiger partial charge in [-0.25, -0.2) is 0 Å². The van der Waals surface area contributed by atoms with Crippen molar-refractivity contribution < 1.29 is 24.2 Å². The minimum absolute atomic E-state index is 0.164. The summed E-state index contributed by atoms with van der Waals surface area (Å²) in [7, 11) is 1.61. The summed E-state index contributed by atoms with van der Waals surface area (Å²) >= 11 is 0. The van der Waals surface area contributed by atoms with Gasteiger partial charge >= 0.3 is 5.97 Å². The second-order valence-corrected chi connectivity index (χ2v) is 6.54. The molecule has 1 aliphatic heterocycles. The molecule has 2 aromatic rings. The topological polar surface area (TPSA) is 76.1 Å². The molecule has 2 atom stereocenters. The van der Waals surface area contributed by atoms with E-state index in [2.05, 4.69) is 0 Å². The van der Waals surface area contributed by atoms with E-state index in [0.29, 0.717) is 31.1 Å². The van der Waals surface area contributed by atoms with Gasteiger partial charge in [0.2, 0.25) is 0 Å². The molecule has 0 spiro atoms. The summed E-state index contributed by atoms with van der Waals surface area (Å²) in [6, 6.07) is 16.4. The molecule has 1 amide bonds. The van der Waals surface area contributed by atoms with Gasteiger partial charge in [0.05, 0.1) is 12.5 Å². The summed E-state index contributed by atoms with van der Waals surface area (Å²) in [5.41, 5.74) is 1.47. The maximum atomic E-state index is 12.8. The number of nitrogens with zero attached hydrogens (tertiary/aromatic N) is 1. The molecular formula is C21H23NO5. The molecular weight excluding hydrogens is 346 g/mol. The molecule has 1 saturated heterocycles. The van der Waals surface area contributed by atoms with E-state index in [1.807, 2.05) is 30.3 Å². The zero-order valence-corrected chi connectivity index (χ0v) is 15.2. The molecule has 0 radical (unpaired) electrons. The summed E-state index contributed by atoms with van der Waals surface area (Å²) in [6.07, 6.45) is 0. The highest BCUT2D eigenvalue weighted by Gasteiger charge is 2.40. The van der Waals surface area contributed by atoms with Crippen molar-refractivity contribution in [3.63, 3.8) is 0 Å². The number of aliphatic carboxylic acids is 1. The lowest BCUT2D eigenvalue weighted by Gasteiger charge is -2.17. The fraction of sp³-hybridized carbons (Fsp3) is 0.333. The van der Waals surface area contributed by atoms with Crippen molar-refractivity contribution in [1.29, 1.82) is 0 Å². The number of methoxy groups -OCH3 is 1. The van der Waals surface area contributed by atoms with Crippen molar-refractivity contribution in [3.05, 3.63) is 65.7 Å². The van der Waals surface area contributed by atoms with Gasteiger partial charge in [-0.3, -0.25) is 9.59 Å². The van der Waals surface area contributed by atoms with E-state index >= 15 is 0 Å². The minimum Gasteiger partial charge on any atom is -0.491 e. The first-order valence-corrected chi connectivity index (χ1v) is 8.89. The Morgan fingerprint density at radius 1 is 1.04 bits per heavy atom. The van der Waals surface area contributed by atoms with Crippen LogP contribution in [0, 0.1) is 5.92 Å². The van der Waals surface area contributed by atoms with Crippen molar-refractivity contribution in [2.75, 3.05) is 33.4 Å². The molecule has 27 heavy (non-hydrogen) atoms. The van der Waals surface area contributed by atoms with Gasteiger partial charge in [0.25, 0.3) is 5.91 Å². The van der Waals surface area contributed by atoms with Gasteiger partial charge in [-0.15, -0.1) is 0 Å². The van der Waals surface area contributed by atoms with Crippen molar-refractivity contribution in [2.45, 2.75) is 5.92 Å². The van der Waals surface area contributed by atoms with Gasteiger partial charge in [-0.05, 0) is 29.8 Å². The van der Waals surface area contributed by atoms with Crippen LogP contribution in [-0.2, 0) is 9.53 Å². The lowest BCUT2D eigenvalue weighted by Crippen LogP contribution is -2.29. The fourth-order valence-electron chi connectivity index (χ4n) is 3.38. The van der Waals surface area contributed by atoms with E-state index in [1.165, 1.54) is 0 Å². The van der Waals surface area contributed by atoms with Gasteiger partial charge in [-0.2, -0.15) is 0 Å². The quantitative estimate of drug-likeness (QED) is 0.760. The van der Waals surface area contributed by atoms with E-state index in [1.54, 1.807) is 36.3 Å². The number of carboxylic acids is 1. The van der Waals surface area contributed by atoms with Crippen LogP contribution in [0.1, 0.15) is 21.8 Å². The maximum Gasteiger partial charge on any atom is 0.308 e. The van der Waals surface area contributed by atoms with Crippen LogP contribution < -0.4 is 4.74 Å². The third-order valence-electron chi connectivity index (χ3n) is 4.81. The fourth-order valence-corrected chi connectivity index (χ4v) is 3.38. The van der Waals surface area contributed by atoms with Crippen LogP contribution in [0.3, 0.4) is 0 Å². The normalized spacial score (nSPS) is 19.1. The zero-order chi connectivity index (χ0) is 19.2. The first kappa shape index (κ1) is 18.9. The predicted octanol–water partition coefficient (Wildman–Crippen LogP) is 2.65. The van der Waals surface area contributed by atoms with E-state index in [0.717, 1.165) is 5.56 Å². The number of rotatable bonds is 7. The molecule has 0 aliphatic carbocycles. The number of carbonyl (C=O) groups excluding carboxylic acids is 1. The molecule has 1 aliphatic rings. The average Bonchev–Trinajstić information content (AvgIpc) is 3.15. The van der Waals surface area contributed by atoms with Gasteiger partial charge in [0.1, 0.15) is 12.4 Å². The Morgan fingerprint density at radius 3 is 2.37 bits per heavy atom. The first-order chi connectivity index (χ1) is 13.1. The molecule has 142 valence electrons. The average molecular weight is 369 g/mol. The van der Waals surface area contributed by atoms with Crippen molar-refractivity contribution in [2.24, 2.45) is 5.92 Å². The molecule has 6 nitrogen and oxygen atoms in total. The minimum atomic E-state index is -0.874. The second-order valence-electron chi connectivity index (χ2n) is 6.54. The molecule has 2 aromatic carbocycles. The molecule has 2 unspecified atom stereocenters. The Morgan fingerprint density at radius 2 is 1.74 bits per heavy atom. The Hall–Kier alpha value is -2.86. The van der Waals surface area contributed by atoms with Crippen molar-refractivity contribution >= 4 is 11.9 Å². The first-order valence-electron chi connectivity index (χ1n) is 8.89. The predicted molar refractivity (Wildman–Crippen MR) is 100 cm³/mol. The van der Waals surface area contributed by atoms with Gasteiger partial charge in [0.15, 0.2) is 0 Å². The standard InChI is InChI=1S/C21H23NO5/c1-26-11-12-27-17-9-7-16(8-10-17)20(23)22-13-18(19(14-22)21(24)25)15-5-3-2-4-6-15/h2-10,18-19H,11-14H2,1H3,(H,24,25). The number of ether oxygens (including phenoxy) is 2. The number of hydrogen-bond acceptors (Lipinski definition) is 4. The zero-order valence-electron chi connectivity index (χ0n) is 15.2. The molecule has 1 N–H and O–H groups in total. The highest BCUT2D eigenvalue weighted by atomic mass is 16.5. The van der Waals surface area contributed by atoms with Crippen LogP contribution >= 0.6 is 0 Å². The van der Waals surface area contributed by atoms with E-state index in [4.69, 9.17) is 9.47 Å². The third-order valence-corrected chi connectivity index (χ3v) is 4.81. The van der Waals surface area contributed by atoms with Crippen LogP contribution in [0.15, 0.2) is 54.6 Å². The van der Waals surface area contributed by atoms with Crippen molar-refractivity contribution in [1.82, 2.24) is 4.90 Å². The largest absolute Gasteiger partial charge is 0.491 e. The summed E-state index contributed by atoms with van der Waals surface area (Å²) < 4.78 is 10.4. The summed E-state index contributed by atoms with van der Waals surface area (Å²) in [6.45, 7) is 1.53. The Labute approximate surface area is 158 Å². The molecule has 0 bridgehead atoms. The smallest absolute Gasteiger partial charge is 0.308 e. The molecule has 6 heteroatoms. The molecule has 1 fully saturated rings. The number of amides is 1. The monoisotopic (exact) mass is 369 g/mol. The summed E-state index contributed by atoms with van der Waals surface area (Å²) in [4.78, 5) is 26.2. The summed E-state index contributed by atoms with van der Waals surface area (Å²) in [5.74, 6) is -1.18. The molecule has 1 heterocycles. The summed E-state index contributed by atoms with van der Waals surface area (Å²) in [5, 5.41) is 9.59. The maximum absolute atomic E-state index is 12.8. The van der Waals surface area contributed by atoms with E-state index < -0.39 is 11.9 Å². The number of likely N-dealkylation sites (tertiary alicyclic amines) is 1. The van der Waals surface area contributed by atoms with Gasteiger partial charge < -0.3 is 19.5 Å². The Balaban J connectivity index is 1.70. The SMILES string of the molecule is COCCOc1ccc(C(=O)N2CC(C(=O)O)C(c3ccccc3)C2)cc1. The third kappa shape index (κ3) is 4.46. The lowest BCUT2D eigenvalue weighted by atomic mass is 9.89. The van der Waals surface area contributed by atoms with E-state index in [9.17, 15) is 14.7 Å². The number of benzene rings is 2.